The summed E-state index contributed by atoms with van der Waals surface area (Å²) < 4.78 is 5.32. The SMILES string of the molecule is CC(C)C(=O)N1CCC[C@H]1COC(=O)C(C)(C)C. The minimum atomic E-state index is -0.481. The van der Waals surface area contributed by atoms with Crippen molar-refractivity contribution in [2.75, 3.05) is 13.2 Å². The molecule has 1 atom stereocenters. The van der Waals surface area contributed by atoms with Gasteiger partial charge >= 0.3 is 5.97 Å². The average Bonchev–Trinajstić information content (AvgIpc) is 2.71. The molecule has 0 aromatic carbocycles. The Morgan fingerprint density at radius 1 is 1.33 bits per heavy atom. The van der Waals surface area contributed by atoms with Crippen molar-refractivity contribution in [3.8, 4) is 0 Å². The van der Waals surface area contributed by atoms with Crippen molar-refractivity contribution in [2.24, 2.45) is 11.3 Å². The standard InChI is InChI=1S/C14H25NO3/c1-10(2)12(16)15-8-6-7-11(15)9-18-13(17)14(3,4)5/h10-11H,6-9H2,1-5H3/t11-/m0/s1. The topological polar surface area (TPSA) is 46.6 Å². The normalized spacial score (nSPS) is 20.3. The third kappa shape index (κ3) is 3.72. The summed E-state index contributed by atoms with van der Waals surface area (Å²) in [5, 5.41) is 0. The van der Waals surface area contributed by atoms with Crippen LogP contribution in [-0.2, 0) is 14.3 Å². The fraction of sp³-hybridized carbons (Fsp3) is 0.857. The number of hydrogen-bond acceptors (Lipinski definition) is 3. The third-order valence-electron chi connectivity index (χ3n) is 3.17. The van der Waals surface area contributed by atoms with E-state index in [-0.39, 0.29) is 23.8 Å². The van der Waals surface area contributed by atoms with Gasteiger partial charge in [-0.15, -0.1) is 0 Å². The molecular weight excluding hydrogens is 230 g/mol. The maximum Gasteiger partial charge on any atom is 0.311 e. The highest BCUT2D eigenvalue weighted by Crippen LogP contribution is 2.22. The summed E-state index contributed by atoms with van der Waals surface area (Å²) in [7, 11) is 0. The molecule has 1 rings (SSSR count). The Balaban J connectivity index is 2.52. The van der Waals surface area contributed by atoms with Crippen molar-refractivity contribution in [1.82, 2.24) is 4.90 Å². The van der Waals surface area contributed by atoms with Crippen LogP contribution in [0.5, 0.6) is 0 Å². The molecule has 4 heteroatoms. The predicted molar refractivity (Wildman–Crippen MR) is 70.0 cm³/mol. The summed E-state index contributed by atoms with van der Waals surface area (Å²) in [6, 6.07) is 0.0613. The number of carbonyl (C=O) groups is 2. The van der Waals surface area contributed by atoms with Crippen molar-refractivity contribution in [1.29, 1.82) is 0 Å². The van der Waals surface area contributed by atoms with E-state index in [1.54, 1.807) is 0 Å². The quantitative estimate of drug-likeness (QED) is 0.726. The van der Waals surface area contributed by atoms with Crippen molar-refractivity contribution in [3.05, 3.63) is 0 Å². The molecule has 0 radical (unpaired) electrons. The number of nitrogens with zero attached hydrogens (tertiary/aromatic N) is 1. The van der Waals surface area contributed by atoms with Gasteiger partial charge in [-0.2, -0.15) is 0 Å². The van der Waals surface area contributed by atoms with E-state index >= 15 is 0 Å². The van der Waals surface area contributed by atoms with Crippen molar-refractivity contribution >= 4 is 11.9 Å². The van der Waals surface area contributed by atoms with Gasteiger partial charge in [0.1, 0.15) is 6.61 Å². The Bertz CT molecular complexity index is 317. The van der Waals surface area contributed by atoms with Gasteiger partial charge in [-0.05, 0) is 33.6 Å². The molecule has 1 aliphatic rings. The molecule has 4 nitrogen and oxygen atoms in total. The highest BCUT2D eigenvalue weighted by molar-refractivity contribution is 5.79. The smallest absolute Gasteiger partial charge is 0.311 e. The second kappa shape index (κ2) is 5.72. The molecule has 0 aromatic heterocycles. The highest BCUT2D eigenvalue weighted by atomic mass is 16.5. The number of carbonyl (C=O) groups excluding carboxylic acids is 2. The Labute approximate surface area is 110 Å². The third-order valence-corrected chi connectivity index (χ3v) is 3.17. The molecule has 1 heterocycles. The molecule has 1 fully saturated rings. The van der Waals surface area contributed by atoms with E-state index in [1.807, 2.05) is 39.5 Å². The summed E-state index contributed by atoms with van der Waals surface area (Å²) in [6.45, 7) is 10.4. The number of rotatable bonds is 3. The Hall–Kier alpha value is -1.06. The Morgan fingerprint density at radius 2 is 1.94 bits per heavy atom. The highest BCUT2D eigenvalue weighted by Gasteiger charge is 2.32. The largest absolute Gasteiger partial charge is 0.463 e. The van der Waals surface area contributed by atoms with Crippen LogP contribution in [0.4, 0.5) is 0 Å². The van der Waals surface area contributed by atoms with E-state index < -0.39 is 5.41 Å². The molecule has 0 bridgehead atoms. The van der Waals surface area contributed by atoms with Gasteiger partial charge in [0, 0.05) is 12.5 Å². The molecule has 104 valence electrons. The lowest BCUT2D eigenvalue weighted by atomic mass is 9.97. The second-order valence-electron chi connectivity index (χ2n) is 6.33. The summed E-state index contributed by atoms with van der Waals surface area (Å²) in [4.78, 5) is 25.6. The molecule has 0 saturated carbocycles. The van der Waals surface area contributed by atoms with Crippen LogP contribution in [0.2, 0.25) is 0 Å². The molecule has 0 aliphatic carbocycles. The van der Waals surface area contributed by atoms with E-state index in [0.29, 0.717) is 6.61 Å². The number of hydrogen-bond donors (Lipinski definition) is 0. The molecule has 1 amide bonds. The molecule has 0 unspecified atom stereocenters. The Kier molecular flexibility index (Phi) is 4.77. The lowest BCUT2D eigenvalue weighted by molar-refractivity contribution is -0.156. The van der Waals surface area contributed by atoms with E-state index in [2.05, 4.69) is 0 Å². The van der Waals surface area contributed by atoms with Crippen molar-refractivity contribution in [3.63, 3.8) is 0 Å². The van der Waals surface area contributed by atoms with Crippen LogP contribution in [0.1, 0.15) is 47.5 Å². The van der Waals surface area contributed by atoms with E-state index in [1.165, 1.54) is 0 Å². The number of ether oxygens (including phenoxy) is 1. The van der Waals surface area contributed by atoms with Crippen molar-refractivity contribution in [2.45, 2.75) is 53.5 Å². The van der Waals surface area contributed by atoms with Gasteiger partial charge in [-0.1, -0.05) is 13.8 Å². The molecule has 1 saturated heterocycles. The Morgan fingerprint density at radius 3 is 2.44 bits per heavy atom. The average molecular weight is 255 g/mol. The second-order valence-corrected chi connectivity index (χ2v) is 6.33. The molecule has 0 N–H and O–H groups in total. The first kappa shape index (κ1) is 15.0. The maximum atomic E-state index is 12.0. The first-order valence-corrected chi connectivity index (χ1v) is 6.71. The van der Waals surface area contributed by atoms with Crippen LogP contribution >= 0.6 is 0 Å². The summed E-state index contributed by atoms with van der Waals surface area (Å²) in [5.74, 6) is -0.0421. The summed E-state index contributed by atoms with van der Waals surface area (Å²) >= 11 is 0. The van der Waals surface area contributed by atoms with Gasteiger partial charge in [0.05, 0.1) is 11.5 Å². The van der Waals surface area contributed by atoms with Crippen LogP contribution in [-0.4, -0.2) is 36.0 Å². The number of esters is 1. The zero-order valence-corrected chi connectivity index (χ0v) is 12.2. The zero-order chi connectivity index (χ0) is 13.9. The van der Waals surface area contributed by atoms with E-state index in [4.69, 9.17) is 4.74 Å². The van der Waals surface area contributed by atoms with Crippen LogP contribution in [0.3, 0.4) is 0 Å². The number of amides is 1. The van der Waals surface area contributed by atoms with Gasteiger partial charge in [-0.25, -0.2) is 0 Å². The first-order chi connectivity index (χ1) is 8.23. The van der Waals surface area contributed by atoms with E-state index in [0.717, 1.165) is 19.4 Å². The van der Waals surface area contributed by atoms with Gasteiger partial charge in [0.25, 0.3) is 0 Å². The fourth-order valence-corrected chi connectivity index (χ4v) is 2.02. The fourth-order valence-electron chi connectivity index (χ4n) is 2.02. The van der Waals surface area contributed by atoms with Crippen LogP contribution in [0.15, 0.2) is 0 Å². The first-order valence-electron chi connectivity index (χ1n) is 6.71. The minimum absolute atomic E-state index is 0.00363. The number of likely N-dealkylation sites (tertiary alicyclic amines) is 1. The van der Waals surface area contributed by atoms with Gasteiger partial charge in [0.15, 0.2) is 0 Å². The lowest BCUT2D eigenvalue weighted by Crippen LogP contribution is -2.41. The monoisotopic (exact) mass is 255 g/mol. The van der Waals surface area contributed by atoms with Crippen LogP contribution in [0.25, 0.3) is 0 Å². The minimum Gasteiger partial charge on any atom is -0.463 e. The molecule has 0 aromatic rings. The molecular formula is C14H25NO3. The molecule has 1 aliphatic heterocycles. The molecule has 18 heavy (non-hydrogen) atoms. The lowest BCUT2D eigenvalue weighted by Gasteiger charge is -2.27. The van der Waals surface area contributed by atoms with Gasteiger partial charge in [0.2, 0.25) is 5.91 Å². The van der Waals surface area contributed by atoms with Gasteiger partial charge < -0.3 is 9.64 Å². The van der Waals surface area contributed by atoms with E-state index in [9.17, 15) is 9.59 Å². The molecule has 0 spiro atoms. The van der Waals surface area contributed by atoms with Gasteiger partial charge in [-0.3, -0.25) is 9.59 Å². The van der Waals surface area contributed by atoms with Crippen LogP contribution in [0, 0.1) is 11.3 Å². The zero-order valence-electron chi connectivity index (χ0n) is 12.2. The van der Waals surface area contributed by atoms with Crippen molar-refractivity contribution < 1.29 is 14.3 Å². The summed E-state index contributed by atoms with van der Waals surface area (Å²) in [5.41, 5.74) is -0.481. The predicted octanol–water partition coefficient (Wildman–Crippen LogP) is 2.22. The van der Waals surface area contributed by atoms with Crippen LogP contribution < -0.4 is 0 Å². The summed E-state index contributed by atoms with van der Waals surface area (Å²) in [6.07, 6.45) is 1.92. The maximum absolute atomic E-state index is 12.0.